The molecule has 0 aliphatic carbocycles. The molecule has 7 nitrogen and oxygen atoms in total. The van der Waals surface area contributed by atoms with Crippen LogP contribution in [0.15, 0.2) is 42.5 Å². The highest BCUT2D eigenvalue weighted by Gasteiger charge is 2.49. The van der Waals surface area contributed by atoms with E-state index in [1.165, 1.54) is 7.11 Å². The fourth-order valence-electron chi connectivity index (χ4n) is 3.93. The summed E-state index contributed by atoms with van der Waals surface area (Å²) in [5.41, 5.74) is 2.76. The molecule has 0 spiro atoms. The minimum atomic E-state index is -1.01. The summed E-state index contributed by atoms with van der Waals surface area (Å²) in [5, 5.41) is 4.03. The zero-order valence-corrected chi connectivity index (χ0v) is 21.1. The van der Waals surface area contributed by atoms with E-state index in [0.29, 0.717) is 16.5 Å². The molecule has 1 saturated heterocycles. The van der Waals surface area contributed by atoms with Crippen molar-refractivity contribution in [2.24, 2.45) is 0 Å². The van der Waals surface area contributed by atoms with Crippen molar-refractivity contribution < 1.29 is 28.5 Å². The first-order chi connectivity index (χ1) is 16.1. The van der Waals surface area contributed by atoms with Gasteiger partial charge in [0.2, 0.25) is 5.91 Å². The van der Waals surface area contributed by atoms with Crippen molar-refractivity contribution in [1.29, 1.82) is 0 Å². The number of rotatable bonds is 9. The molecule has 34 heavy (non-hydrogen) atoms. The summed E-state index contributed by atoms with van der Waals surface area (Å²) >= 11 is 12.3. The van der Waals surface area contributed by atoms with Gasteiger partial charge in [-0.3, -0.25) is 4.79 Å². The molecule has 1 heterocycles. The van der Waals surface area contributed by atoms with E-state index in [0.717, 1.165) is 16.7 Å². The maximum Gasteiger partial charge on any atom is 0.338 e. The molecule has 2 aromatic rings. The molecule has 3 rings (SSSR count). The van der Waals surface area contributed by atoms with Crippen LogP contribution in [0, 0.1) is 0 Å². The van der Waals surface area contributed by atoms with Crippen molar-refractivity contribution in [3.05, 3.63) is 58.1 Å². The van der Waals surface area contributed by atoms with E-state index in [2.05, 4.69) is 5.32 Å². The van der Waals surface area contributed by atoms with Gasteiger partial charge in [-0.25, -0.2) is 4.79 Å². The number of benzene rings is 2. The Morgan fingerprint density at radius 3 is 2.29 bits per heavy atom. The molecule has 0 saturated carbocycles. The van der Waals surface area contributed by atoms with Gasteiger partial charge in [-0.15, -0.1) is 0 Å². The van der Waals surface area contributed by atoms with E-state index < -0.39 is 30.0 Å². The molecule has 1 fully saturated rings. The highest BCUT2D eigenvalue weighted by molar-refractivity contribution is 6.35. The van der Waals surface area contributed by atoms with Crippen molar-refractivity contribution >= 4 is 35.1 Å². The summed E-state index contributed by atoms with van der Waals surface area (Å²) in [7, 11) is 1.44. The van der Waals surface area contributed by atoms with Gasteiger partial charge in [-0.1, -0.05) is 47.5 Å². The van der Waals surface area contributed by atoms with Crippen molar-refractivity contribution in [2.75, 3.05) is 20.3 Å². The highest BCUT2D eigenvalue weighted by Crippen LogP contribution is 2.32. The average Bonchev–Trinajstić information content (AvgIpc) is 3.09. The standard InChI is InChI=1S/C25H29Cl2NO6/c1-5-32-24(30)23-22(33-25(2,3)34-23)20(28-21(29)14-31-4)10-15-6-8-16(9-7-15)17-11-18(26)13-19(27)12-17/h6-9,11-13,20,22-23H,5,10,14H2,1-4H3,(H,28,29)/t20-,22+,23+/m1/s1. The molecule has 1 aliphatic heterocycles. The summed E-state index contributed by atoms with van der Waals surface area (Å²) in [6.45, 7) is 5.25. The molecular formula is C25H29Cl2NO6. The van der Waals surface area contributed by atoms with E-state index in [-0.39, 0.29) is 19.1 Å². The summed E-state index contributed by atoms with van der Waals surface area (Å²) in [4.78, 5) is 25.0. The van der Waals surface area contributed by atoms with Gasteiger partial charge in [-0.2, -0.15) is 0 Å². The molecule has 1 N–H and O–H groups in total. The van der Waals surface area contributed by atoms with Crippen LogP contribution >= 0.6 is 23.2 Å². The number of nitrogens with one attached hydrogen (secondary N) is 1. The van der Waals surface area contributed by atoms with E-state index in [9.17, 15) is 9.59 Å². The summed E-state index contributed by atoms with van der Waals surface area (Å²) in [6.07, 6.45) is -1.33. The van der Waals surface area contributed by atoms with Crippen LogP contribution in [0.25, 0.3) is 11.1 Å². The third-order valence-corrected chi connectivity index (χ3v) is 5.71. The minimum absolute atomic E-state index is 0.119. The molecule has 0 radical (unpaired) electrons. The van der Waals surface area contributed by atoms with Gasteiger partial charge < -0.3 is 24.3 Å². The highest BCUT2D eigenvalue weighted by atomic mass is 35.5. The Morgan fingerprint density at radius 1 is 1.06 bits per heavy atom. The molecule has 1 amide bonds. The molecule has 3 atom stereocenters. The molecule has 0 unspecified atom stereocenters. The first-order valence-electron chi connectivity index (χ1n) is 11.0. The van der Waals surface area contributed by atoms with Crippen molar-refractivity contribution in [3.63, 3.8) is 0 Å². The van der Waals surface area contributed by atoms with E-state index >= 15 is 0 Å². The topological polar surface area (TPSA) is 83.1 Å². The number of carbonyl (C=O) groups excluding carboxylic acids is 2. The van der Waals surface area contributed by atoms with Gasteiger partial charge in [0.15, 0.2) is 11.9 Å². The molecule has 2 aromatic carbocycles. The zero-order valence-electron chi connectivity index (χ0n) is 19.6. The number of amides is 1. The predicted molar refractivity (Wildman–Crippen MR) is 130 cm³/mol. The quantitative estimate of drug-likeness (QED) is 0.503. The fourth-order valence-corrected chi connectivity index (χ4v) is 4.45. The number of carbonyl (C=O) groups is 2. The maximum absolute atomic E-state index is 12.6. The Kier molecular flexibility index (Phi) is 8.95. The van der Waals surface area contributed by atoms with E-state index in [4.69, 9.17) is 42.1 Å². The summed E-state index contributed by atoms with van der Waals surface area (Å²) in [5.74, 6) is -1.87. The number of hydrogen-bond donors (Lipinski definition) is 1. The number of esters is 1. The van der Waals surface area contributed by atoms with Gasteiger partial charge in [0.25, 0.3) is 0 Å². The lowest BCUT2D eigenvalue weighted by atomic mass is 9.96. The second-order valence-electron chi connectivity index (χ2n) is 8.44. The second kappa shape index (κ2) is 11.5. The van der Waals surface area contributed by atoms with Crippen LogP contribution in [0.1, 0.15) is 26.3 Å². The second-order valence-corrected chi connectivity index (χ2v) is 9.31. The lowest BCUT2D eigenvalue weighted by molar-refractivity contribution is -0.170. The van der Waals surface area contributed by atoms with Crippen molar-refractivity contribution in [2.45, 2.75) is 51.2 Å². The third-order valence-electron chi connectivity index (χ3n) is 5.27. The summed E-state index contributed by atoms with van der Waals surface area (Å²) in [6, 6.07) is 12.6. The normalized spacial score (nSPS) is 20.1. The molecule has 1 aliphatic rings. The SMILES string of the molecule is CCOC(=O)[C@H]1OC(C)(C)O[C@H]1[C@@H](Cc1ccc(-c2cc(Cl)cc(Cl)c2)cc1)NC(=O)COC. The van der Waals surface area contributed by atoms with Crippen LogP contribution in [0.5, 0.6) is 0 Å². The van der Waals surface area contributed by atoms with Gasteiger partial charge in [-0.05, 0) is 62.1 Å². The minimum Gasteiger partial charge on any atom is -0.464 e. The van der Waals surface area contributed by atoms with Crippen molar-refractivity contribution in [3.8, 4) is 11.1 Å². The molecular weight excluding hydrogens is 481 g/mol. The number of methoxy groups -OCH3 is 1. The van der Waals surface area contributed by atoms with E-state index in [1.807, 2.05) is 36.4 Å². The smallest absolute Gasteiger partial charge is 0.338 e. The first-order valence-corrected chi connectivity index (χ1v) is 11.7. The molecule has 0 aromatic heterocycles. The Bertz CT molecular complexity index is 991. The summed E-state index contributed by atoms with van der Waals surface area (Å²) < 4.78 is 22.0. The number of ether oxygens (including phenoxy) is 4. The van der Waals surface area contributed by atoms with E-state index in [1.54, 1.807) is 26.8 Å². The van der Waals surface area contributed by atoms with Gasteiger partial charge in [0.05, 0.1) is 12.6 Å². The zero-order chi connectivity index (χ0) is 24.9. The number of hydrogen-bond acceptors (Lipinski definition) is 6. The Hall–Kier alpha value is -2.16. The Balaban J connectivity index is 1.85. The van der Waals surface area contributed by atoms with Crippen LogP contribution in [-0.2, 0) is 35.0 Å². The maximum atomic E-state index is 12.6. The van der Waals surface area contributed by atoms with Crippen LogP contribution in [0.2, 0.25) is 10.0 Å². The monoisotopic (exact) mass is 509 g/mol. The molecule has 0 bridgehead atoms. The lowest BCUT2D eigenvalue weighted by Gasteiger charge is -2.27. The van der Waals surface area contributed by atoms with Gasteiger partial charge in [0.1, 0.15) is 12.7 Å². The molecule has 9 heteroatoms. The third kappa shape index (κ3) is 6.93. The van der Waals surface area contributed by atoms with Gasteiger partial charge in [0, 0.05) is 17.2 Å². The molecule has 184 valence electrons. The fraction of sp³-hybridized carbons (Fsp3) is 0.440. The van der Waals surface area contributed by atoms with Crippen molar-refractivity contribution in [1.82, 2.24) is 5.32 Å². The van der Waals surface area contributed by atoms with Crippen LogP contribution < -0.4 is 5.32 Å². The van der Waals surface area contributed by atoms with Crippen LogP contribution in [0.3, 0.4) is 0 Å². The Labute approximate surface area is 209 Å². The Morgan fingerprint density at radius 2 is 1.71 bits per heavy atom. The van der Waals surface area contributed by atoms with Gasteiger partial charge >= 0.3 is 5.97 Å². The predicted octanol–water partition coefficient (Wildman–Crippen LogP) is 4.42. The largest absolute Gasteiger partial charge is 0.464 e. The number of halogens is 2. The van der Waals surface area contributed by atoms with Crippen LogP contribution in [-0.4, -0.2) is 56.2 Å². The first kappa shape index (κ1) is 26.4. The van der Waals surface area contributed by atoms with Crippen LogP contribution in [0.4, 0.5) is 0 Å². The average molecular weight is 510 g/mol. The lowest BCUT2D eigenvalue weighted by Crippen LogP contribution is -2.51.